The lowest BCUT2D eigenvalue weighted by atomic mass is 10.1. The predicted molar refractivity (Wildman–Crippen MR) is 96.0 cm³/mol. The first kappa shape index (κ1) is 15.7. The van der Waals surface area contributed by atoms with Crippen molar-refractivity contribution >= 4 is 23.2 Å². The second-order valence-corrected chi connectivity index (χ2v) is 6.53. The molecular formula is C20H20N2O3. The Morgan fingerprint density at radius 2 is 1.92 bits per heavy atom. The number of carbonyl (C=O) groups excluding carboxylic acids is 2. The maximum absolute atomic E-state index is 12.7. The average Bonchev–Trinajstić information content (AvgIpc) is 3.08. The molecule has 2 aliphatic rings. The summed E-state index contributed by atoms with van der Waals surface area (Å²) in [7, 11) is 0. The number of fused-ring (bicyclic) bond motifs is 2. The van der Waals surface area contributed by atoms with E-state index >= 15 is 0 Å². The second kappa shape index (κ2) is 6.24. The molecule has 1 heterocycles. The average molecular weight is 336 g/mol. The van der Waals surface area contributed by atoms with Crippen molar-refractivity contribution in [2.24, 2.45) is 0 Å². The topological polar surface area (TPSA) is 58.6 Å². The minimum absolute atomic E-state index is 0.105. The first-order valence-electron chi connectivity index (χ1n) is 8.58. The van der Waals surface area contributed by atoms with Gasteiger partial charge in [-0.15, -0.1) is 0 Å². The van der Waals surface area contributed by atoms with Crippen LogP contribution in [0.1, 0.15) is 24.5 Å². The van der Waals surface area contributed by atoms with E-state index < -0.39 is 6.10 Å². The standard InChI is InChI=1S/C20H20N2O3/c1-13(23)22-12-19(25-18-8-3-2-7-17(18)22)20(24)21-16-10-9-14-5-4-6-15(14)11-16/h2-3,7-11,19H,4-6,12H2,1H3,(H,21,24)/t19-/m0/s1. The number of anilines is 2. The quantitative estimate of drug-likeness (QED) is 0.917. The highest BCUT2D eigenvalue weighted by Gasteiger charge is 2.32. The molecule has 0 saturated carbocycles. The minimum atomic E-state index is -0.730. The second-order valence-electron chi connectivity index (χ2n) is 6.53. The normalized spacial score (nSPS) is 18.1. The summed E-state index contributed by atoms with van der Waals surface area (Å²) in [6, 6.07) is 13.3. The molecule has 2 aromatic carbocycles. The molecular weight excluding hydrogens is 316 g/mol. The van der Waals surface area contributed by atoms with Crippen LogP contribution < -0.4 is 15.0 Å². The lowest BCUT2D eigenvalue weighted by Gasteiger charge is -2.33. The first-order chi connectivity index (χ1) is 12.1. The summed E-state index contributed by atoms with van der Waals surface area (Å²) in [5.74, 6) is 0.211. The number of nitrogens with one attached hydrogen (secondary N) is 1. The summed E-state index contributed by atoms with van der Waals surface area (Å²) < 4.78 is 5.83. The van der Waals surface area contributed by atoms with Gasteiger partial charge in [-0.1, -0.05) is 18.2 Å². The van der Waals surface area contributed by atoms with Crippen LogP contribution in [0.15, 0.2) is 42.5 Å². The zero-order valence-electron chi connectivity index (χ0n) is 14.1. The van der Waals surface area contributed by atoms with Gasteiger partial charge in [0, 0.05) is 12.6 Å². The molecule has 0 unspecified atom stereocenters. The van der Waals surface area contributed by atoms with Gasteiger partial charge >= 0.3 is 0 Å². The Morgan fingerprint density at radius 3 is 2.76 bits per heavy atom. The maximum atomic E-state index is 12.7. The molecule has 0 spiro atoms. The van der Waals surface area contributed by atoms with E-state index in [2.05, 4.69) is 11.4 Å². The summed E-state index contributed by atoms with van der Waals surface area (Å²) >= 11 is 0. The van der Waals surface area contributed by atoms with E-state index in [9.17, 15) is 9.59 Å². The molecule has 2 amide bonds. The SMILES string of the molecule is CC(=O)N1C[C@@H](C(=O)Nc2ccc3c(c2)CCC3)Oc2ccccc21. The molecule has 0 fully saturated rings. The fraction of sp³-hybridized carbons (Fsp3) is 0.300. The number of para-hydroxylation sites is 2. The van der Waals surface area contributed by atoms with Crippen LogP contribution in [0.25, 0.3) is 0 Å². The van der Waals surface area contributed by atoms with Crippen molar-refractivity contribution in [2.75, 3.05) is 16.8 Å². The van der Waals surface area contributed by atoms with Gasteiger partial charge in [-0.2, -0.15) is 0 Å². The van der Waals surface area contributed by atoms with E-state index in [1.54, 1.807) is 11.0 Å². The molecule has 1 N–H and O–H groups in total. The smallest absolute Gasteiger partial charge is 0.267 e. The molecule has 1 atom stereocenters. The van der Waals surface area contributed by atoms with Gasteiger partial charge in [0.05, 0.1) is 12.2 Å². The van der Waals surface area contributed by atoms with Crippen molar-refractivity contribution in [3.8, 4) is 5.75 Å². The van der Waals surface area contributed by atoms with Crippen LogP contribution in [0, 0.1) is 0 Å². The Hall–Kier alpha value is -2.82. The summed E-state index contributed by atoms with van der Waals surface area (Å²) in [5.41, 5.74) is 4.15. The van der Waals surface area contributed by atoms with E-state index in [0.29, 0.717) is 11.4 Å². The summed E-state index contributed by atoms with van der Waals surface area (Å²) in [6.45, 7) is 1.71. The number of benzene rings is 2. The minimum Gasteiger partial charge on any atom is -0.476 e. The molecule has 5 heteroatoms. The third kappa shape index (κ3) is 2.97. The Balaban J connectivity index is 1.54. The van der Waals surface area contributed by atoms with Gasteiger partial charge < -0.3 is 15.0 Å². The van der Waals surface area contributed by atoms with Crippen LogP contribution in [0.5, 0.6) is 5.75 Å². The highest BCUT2D eigenvalue weighted by atomic mass is 16.5. The molecule has 1 aliphatic heterocycles. The maximum Gasteiger partial charge on any atom is 0.267 e. The van der Waals surface area contributed by atoms with Gasteiger partial charge in [0.15, 0.2) is 6.10 Å². The lowest BCUT2D eigenvalue weighted by Crippen LogP contribution is -2.48. The highest BCUT2D eigenvalue weighted by Crippen LogP contribution is 2.33. The van der Waals surface area contributed by atoms with Crippen LogP contribution in [0.4, 0.5) is 11.4 Å². The molecule has 0 saturated heterocycles. The van der Waals surface area contributed by atoms with Gasteiger partial charge in [-0.3, -0.25) is 9.59 Å². The zero-order chi connectivity index (χ0) is 17.4. The molecule has 5 nitrogen and oxygen atoms in total. The monoisotopic (exact) mass is 336 g/mol. The van der Waals surface area contributed by atoms with E-state index in [4.69, 9.17) is 4.74 Å². The lowest BCUT2D eigenvalue weighted by molar-refractivity contribution is -0.123. The van der Waals surface area contributed by atoms with Crippen molar-refractivity contribution in [3.63, 3.8) is 0 Å². The van der Waals surface area contributed by atoms with Crippen molar-refractivity contribution < 1.29 is 14.3 Å². The number of ether oxygens (including phenoxy) is 1. The zero-order valence-corrected chi connectivity index (χ0v) is 14.1. The van der Waals surface area contributed by atoms with Gasteiger partial charge in [0.1, 0.15) is 5.75 Å². The van der Waals surface area contributed by atoms with Crippen molar-refractivity contribution in [2.45, 2.75) is 32.3 Å². The van der Waals surface area contributed by atoms with E-state index in [1.807, 2.05) is 30.3 Å². The predicted octanol–water partition coefficient (Wildman–Crippen LogP) is 2.93. The fourth-order valence-corrected chi connectivity index (χ4v) is 3.54. The number of hydrogen-bond acceptors (Lipinski definition) is 3. The largest absolute Gasteiger partial charge is 0.476 e. The Bertz CT molecular complexity index is 847. The van der Waals surface area contributed by atoms with Gasteiger partial charge in [-0.05, 0) is 54.7 Å². The first-order valence-corrected chi connectivity index (χ1v) is 8.58. The number of aryl methyl sites for hydroxylation is 2. The van der Waals surface area contributed by atoms with Gasteiger partial charge in [0.25, 0.3) is 5.91 Å². The van der Waals surface area contributed by atoms with Crippen molar-refractivity contribution in [1.29, 1.82) is 0 Å². The molecule has 0 radical (unpaired) electrons. The molecule has 25 heavy (non-hydrogen) atoms. The van der Waals surface area contributed by atoms with Crippen LogP contribution >= 0.6 is 0 Å². The van der Waals surface area contributed by atoms with E-state index in [0.717, 1.165) is 18.5 Å². The van der Waals surface area contributed by atoms with Crippen LogP contribution in [0.2, 0.25) is 0 Å². The number of amides is 2. The molecule has 128 valence electrons. The Kier molecular flexibility index (Phi) is 3.92. The summed E-state index contributed by atoms with van der Waals surface area (Å²) in [4.78, 5) is 26.2. The molecule has 0 bridgehead atoms. The number of carbonyl (C=O) groups is 2. The molecule has 4 rings (SSSR count). The van der Waals surface area contributed by atoms with Crippen LogP contribution in [0.3, 0.4) is 0 Å². The third-order valence-corrected chi connectivity index (χ3v) is 4.81. The number of rotatable bonds is 2. The third-order valence-electron chi connectivity index (χ3n) is 4.81. The van der Waals surface area contributed by atoms with Crippen LogP contribution in [-0.2, 0) is 22.4 Å². The van der Waals surface area contributed by atoms with Crippen molar-refractivity contribution in [3.05, 3.63) is 53.6 Å². The fourth-order valence-electron chi connectivity index (χ4n) is 3.54. The summed E-state index contributed by atoms with van der Waals surface area (Å²) in [5, 5.41) is 2.93. The van der Waals surface area contributed by atoms with Crippen molar-refractivity contribution in [1.82, 2.24) is 0 Å². The number of hydrogen-bond donors (Lipinski definition) is 1. The molecule has 0 aromatic heterocycles. The van der Waals surface area contributed by atoms with Gasteiger partial charge in [-0.25, -0.2) is 0 Å². The van der Waals surface area contributed by atoms with E-state index in [-0.39, 0.29) is 18.4 Å². The molecule has 1 aliphatic carbocycles. The Labute approximate surface area is 146 Å². The highest BCUT2D eigenvalue weighted by molar-refractivity contribution is 5.99. The van der Waals surface area contributed by atoms with Gasteiger partial charge in [0.2, 0.25) is 5.91 Å². The molecule has 2 aromatic rings. The Morgan fingerprint density at radius 1 is 1.12 bits per heavy atom. The van der Waals surface area contributed by atoms with Crippen LogP contribution in [-0.4, -0.2) is 24.5 Å². The summed E-state index contributed by atoms with van der Waals surface area (Å²) in [6.07, 6.45) is 2.61. The number of nitrogens with zero attached hydrogens (tertiary/aromatic N) is 1. The van der Waals surface area contributed by atoms with E-state index in [1.165, 1.54) is 24.5 Å².